The van der Waals surface area contributed by atoms with Crippen molar-refractivity contribution in [2.45, 2.75) is 6.18 Å². The molecule has 0 fully saturated rings. The predicted molar refractivity (Wildman–Crippen MR) is 104 cm³/mol. The number of carbonyl (C=O) groups excluding carboxylic acids is 1. The van der Waals surface area contributed by atoms with E-state index in [0.717, 1.165) is 33.9 Å². The van der Waals surface area contributed by atoms with Crippen molar-refractivity contribution < 1.29 is 18.0 Å². The Kier molecular flexibility index (Phi) is 4.63. The summed E-state index contributed by atoms with van der Waals surface area (Å²) in [5, 5.41) is 1.86. The summed E-state index contributed by atoms with van der Waals surface area (Å²) in [6.45, 7) is 0. The number of carbonyl (C=O) groups is 1. The van der Waals surface area contributed by atoms with Crippen LogP contribution in [0.15, 0.2) is 65.8 Å². The predicted octanol–water partition coefficient (Wildman–Crippen LogP) is 4.33. The van der Waals surface area contributed by atoms with Gasteiger partial charge >= 0.3 is 6.18 Å². The minimum atomic E-state index is -4.40. The lowest BCUT2D eigenvalue weighted by Crippen LogP contribution is -2.36. The van der Waals surface area contributed by atoms with Crippen LogP contribution in [0.1, 0.15) is 16.1 Å². The highest BCUT2D eigenvalue weighted by molar-refractivity contribution is 6.09. The molecule has 146 valence electrons. The normalized spacial score (nSPS) is 12.0. The summed E-state index contributed by atoms with van der Waals surface area (Å²) in [4.78, 5) is 23.6. The van der Waals surface area contributed by atoms with Crippen molar-refractivity contribution in [3.8, 4) is 0 Å². The highest BCUT2D eigenvalue weighted by Gasteiger charge is 2.29. The number of pyridine rings is 1. The number of aliphatic imine (C=N–C) groups is 1. The number of aromatic amines is 1. The van der Waals surface area contributed by atoms with Crippen molar-refractivity contribution in [2.24, 2.45) is 4.99 Å². The lowest BCUT2D eigenvalue weighted by molar-refractivity contribution is -0.137. The lowest BCUT2D eigenvalue weighted by Gasteiger charge is -2.06. The Balaban J connectivity index is 1.42. The summed E-state index contributed by atoms with van der Waals surface area (Å²) in [5.74, 6) is -0.476. The Labute approximate surface area is 162 Å². The largest absolute Gasteiger partial charge is 0.416 e. The Morgan fingerprint density at radius 1 is 1.03 bits per heavy atom. The number of rotatable bonds is 4. The molecule has 4 rings (SSSR count). The molecule has 2 heterocycles. The summed E-state index contributed by atoms with van der Waals surface area (Å²) >= 11 is 0. The van der Waals surface area contributed by atoms with Crippen molar-refractivity contribution >= 4 is 39.7 Å². The maximum atomic E-state index is 12.5. The molecule has 3 N–H and O–H groups in total. The maximum absolute atomic E-state index is 12.5. The van der Waals surface area contributed by atoms with Crippen LogP contribution in [0.5, 0.6) is 0 Å². The van der Waals surface area contributed by atoms with E-state index in [1.807, 2.05) is 24.3 Å². The zero-order valence-electron chi connectivity index (χ0n) is 14.8. The van der Waals surface area contributed by atoms with Gasteiger partial charge in [0.1, 0.15) is 12.0 Å². The van der Waals surface area contributed by atoms with E-state index in [9.17, 15) is 18.0 Å². The number of hydrazine groups is 1. The van der Waals surface area contributed by atoms with Crippen LogP contribution in [0.2, 0.25) is 0 Å². The van der Waals surface area contributed by atoms with Gasteiger partial charge in [0.25, 0.3) is 5.91 Å². The SMILES string of the molecule is O=C(NNC=Nc1ccc(C(F)(F)F)cc1)c1cc2c(cn1)[nH]c1ccccc12. The summed E-state index contributed by atoms with van der Waals surface area (Å²) in [6.07, 6.45) is -1.64. The van der Waals surface area contributed by atoms with Crippen molar-refractivity contribution in [2.75, 3.05) is 0 Å². The van der Waals surface area contributed by atoms with E-state index in [2.05, 4.69) is 25.8 Å². The van der Waals surface area contributed by atoms with Crippen LogP contribution in [0.25, 0.3) is 21.8 Å². The molecule has 6 nitrogen and oxygen atoms in total. The van der Waals surface area contributed by atoms with Gasteiger partial charge in [-0.2, -0.15) is 13.2 Å². The molecular formula is C20H14F3N5O. The van der Waals surface area contributed by atoms with E-state index in [-0.39, 0.29) is 5.69 Å². The average molecular weight is 397 g/mol. The van der Waals surface area contributed by atoms with Gasteiger partial charge in [-0.1, -0.05) is 18.2 Å². The molecule has 29 heavy (non-hydrogen) atoms. The molecule has 2 aromatic heterocycles. The molecule has 0 atom stereocenters. The number of alkyl halides is 3. The fourth-order valence-electron chi connectivity index (χ4n) is 2.88. The number of hydrogen-bond donors (Lipinski definition) is 3. The van der Waals surface area contributed by atoms with Gasteiger partial charge in [-0.25, -0.2) is 9.98 Å². The minimum absolute atomic E-state index is 0.206. The number of benzene rings is 2. The van der Waals surface area contributed by atoms with Crippen molar-refractivity contribution in [1.82, 2.24) is 20.8 Å². The Morgan fingerprint density at radius 2 is 1.79 bits per heavy atom. The van der Waals surface area contributed by atoms with Gasteiger partial charge in [0.2, 0.25) is 0 Å². The number of para-hydroxylation sites is 1. The van der Waals surface area contributed by atoms with E-state index < -0.39 is 17.6 Å². The van der Waals surface area contributed by atoms with Gasteiger partial charge in [0.15, 0.2) is 0 Å². The third-order valence-electron chi connectivity index (χ3n) is 4.28. The van der Waals surface area contributed by atoms with Gasteiger partial charge in [0.05, 0.1) is 23.0 Å². The summed E-state index contributed by atoms with van der Waals surface area (Å²) in [6, 6.07) is 13.7. The van der Waals surface area contributed by atoms with Gasteiger partial charge < -0.3 is 4.98 Å². The molecule has 0 bridgehead atoms. The molecule has 0 aliphatic rings. The second-order valence-electron chi connectivity index (χ2n) is 6.19. The zero-order chi connectivity index (χ0) is 20.4. The van der Waals surface area contributed by atoms with Crippen molar-refractivity contribution in [3.63, 3.8) is 0 Å². The fraction of sp³-hybridized carbons (Fsp3) is 0.0500. The molecule has 4 aromatic rings. The first-order chi connectivity index (χ1) is 13.9. The second-order valence-corrected chi connectivity index (χ2v) is 6.19. The van der Waals surface area contributed by atoms with Crippen molar-refractivity contribution in [1.29, 1.82) is 0 Å². The number of H-pyrrole nitrogens is 1. The van der Waals surface area contributed by atoms with Crippen LogP contribution >= 0.6 is 0 Å². The summed E-state index contributed by atoms with van der Waals surface area (Å²) < 4.78 is 37.6. The third kappa shape index (κ3) is 3.88. The van der Waals surface area contributed by atoms with E-state index in [4.69, 9.17) is 0 Å². The van der Waals surface area contributed by atoms with Crippen molar-refractivity contribution in [3.05, 3.63) is 72.1 Å². The molecule has 0 saturated heterocycles. The summed E-state index contributed by atoms with van der Waals surface area (Å²) in [7, 11) is 0. The van der Waals surface area contributed by atoms with Crippen LogP contribution in [-0.4, -0.2) is 22.2 Å². The lowest BCUT2D eigenvalue weighted by atomic mass is 10.1. The van der Waals surface area contributed by atoms with Crippen LogP contribution in [0.4, 0.5) is 18.9 Å². The minimum Gasteiger partial charge on any atom is -0.353 e. The fourth-order valence-corrected chi connectivity index (χ4v) is 2.88. The second kappa shape index (κ2) is 7.27. The molecule has 0 saturated carbocycles. The summed E-state index contributed by atoms with van der Waals surface area (Å²) in [5.41, 5.74) is 6.44. The Morgan fingerprint density at radius 3 is 2.55 bits per heavy atom. The van der Waals surface area contributed by atoms with Crippen LogP contribution in [0, 0.1) is 0 Å². The standard InChI is InChI=1S/C20H14F3N5O/c21-20(22,23)12-5-7-13(8-6-12)25-11-26-28-19(29)17-9-15-14-3-1-2-4-16(14)27-18(15)10-24-17/h1-11,27H,(H,25,26)(H,28,29). The van der Waals surface area contributed by atoms with Crippen LogP contribution in [0.3, 0.4) is 0 Å². The molecule has 0 aliphatic heterocycles. The zero-order valence-corrected chi connectivity index (χ0v) is 14.8. The van der Waals surface area contributed by atoms with Crippen LogP contribution in [-0.2, 0) is 6.18 Å². The molecular weight excluding hydrogens is 383 g/mol. The van der Waals surface area contributed by atoms with Gasteiger partial charge in [-0.15, -0.1) is 0 Å². The first-order valence-electron chi connectivity index (χ1n) is 8.54. The van der Waals surface area contributed by atoms with E-state index in [1.165, 1.54) is 18.5 Å². The third-order valence-corrected chi connectivity index (χ3v) is 4.28. The van der Waals surface area contributed by atoms with Gasteiger partial charge in [-0.3, -0.25) is 15.6 Å². The Hall–Kier alpha value is -3.88. The number of nitrogens with one attached hydrogen (secondary N) is 3. The average Bonchev–Trinajstić information content (AvgIpc) is 3.08. The van der Waals surface area contributed by atoms with Gasteiger partial charge in [0, 0.05) is 16.3 Å². The first-order valence-corrected chi connectivity index (χ1v) is 8.54. The quantitative estimate of drug-likeness (QED) is 0.272. The smallest absolute Gasteiger partial charge is 0.353 e. The monoisotopic (exact) mass is 397 g/mol. The van der Waals surface area contributed by atoms with Crippen LogP contribution < -0.4 is 10.9 Å². The number of halogens is 3. The first kappa shape index (κ1) is 18.5. The van der Waals surface area contributed by atoms with E-state index >= 15 is 0 Å². The van der Waals surface area contributed by atoms with E-state index in [1.54, 1.807) is 12.3 Å². The van der Waals surface area contributed by atoms with E-state index in [0.29, 0.717) is 5.69 Å². The molecule has 1 amide bonds. The molecule has 2 aromatic carbocycles. The number of hydrogen-bond acceptors (Lipinski definition) is 3. The maximum Gasteiger partial charge on any atom is 0.416 e. The molecule has 0 radical (unpaired) electrons. The molecule has 0 unspecified atom stereocenters. The topological polar surface area (TPSA) is 82.2 Å². The van der Waals surface area contributed by atoms with Gasteiger partial charge in [-0.05, 0) is 36.4 Å². The number of aromatic nitrogens is 2. The number of amides is 1. The number of fused-ring (bicyclic) bond motifs is 3. The highest BCUT2D eigenvalue weighted by atomic mass is 19.4. The molecule has 0 aliphatic carbocycles. The molecule has 9 heteroatoms. The molecule has 0 spiro atoms. The number of nitrogens with zero attached hydrogens (tertiary/aromatic N) is 2. The Bertz CT molecular complexity index is 1210. The highest BCUT2D eigenvalue weighted by Crippen LogP contribution is 2.30.